The topological polar surface area (TPSA) is 41.9 Å². The Hall–Kier alpha value is -1.66. The molecule has 0 bridgehead atoms. The highest BCUT2D eigenvalue weighted by Crippen LogP contribution is 2.24. The number of para-hydroxylation sites is 1. The van der Waals surface area contributed by atoms with Crippen molar-refractivity contribution in [2.24, 2.45) is 0 Å². The van der Waals surface area contributed by atoms with Gasteiger partial charge in [0, 0.05) is 19.6 Å². The molecule has 1 saturated heterocycles. The molecule has 1 N–H and O–H groups in total. The fourth-order valence-electron chi connectivity index (χ4n) is 2.88. The third-order valence-corrected chi connectivity index (χ3v) is 4.42. The highest BCUT2D eigenvalue weighted by atomic mass is 35.5. The molecule has 0 aromatic heterocycles. The van der Waals surface area contributed by atoms with E-state index in [-0.39, 0.29) is 18.5 Å². The van der Waals surface area contributed by atoms with E-state index in [1.165, 1.54) is 12.1 Å². The summed E-state index contributed by atoms with van der Waals surface area (Å²) in [7, 11) is 0. The number of rotatable bonds is 6. The van der Waals surface area contributed by atoms with Crippen LogP contribution in [0.4, 0.5) is 4.39 Å². The van der Waals surface area contributed by atoms with Gasteiger partial charge < -0.3 is 14.6 Å². The number of aliphatic hydroxyl groups excluding tert-OH is 1. The van der Waals surface area contributed by atoms with Crippen molar-refractivity contribution in [2.75, 3.05) is 32.8 Å². The van der Waals surface area contributed by atoms with Gasteiger partial charge in [-0.05, 0) is 29.8 Å². The predicted molar refractivity (Wildman–Crippen MR) is 94.5 cm³/mol. The molecule has 1 fully saturated rings. The molecule has 134 valence electrons. The standard InChI is InChI=1S/C19H21ClFNO3/c20-17-6-1-2-7-18(17)25-13-16(23)11-22-8-9-24-19(12-22)14-4-3-5-15(21)10-14/h1-7,10,16,19,23H,8-9,11-13H2. The van der Waals surface area contributed by atoms with Crippen LogP contribution in [0.15, 0.2) is 48.5 Å². The minimum Gasteiger partial charge on any atom is -0.489 e. The Kier molecular flexibility index (Phi) is 6.26. The lowest BCUT2D eigenvalue weighted by Crippen LogP contribution is -2.43. The van der Waals surface area contributed by atoms with Gasteiger partial charge in [-0.2, -0.15) is 0 Å². The highest BCUT2D eigenvalue weighted by Gasteiger charge is 2.24. The summed E-state index contributed by atoms with van der Waals surface area (Å²) >= 11 is 6.04. The largest absolute Gasteiger partial charge is 0.489 e. The molecule has 0 amide bonds. The lowest BCUT2D eigenvalue weighted by atomic mass is 10.1. The summed E-state index contributed by atoms with van der Waals surface area (Å²) in [5.41, 5.74) is 0.812. The number of β-amino-alcohol motifs (C(OH)–C–C–N with tert-alkyl or cyclic N) is 1. The second kappa shape index (κ2) is 8.63. The Balaban J connectivity index is 1.51. The summed E-state index contributed by atoms with van der Waals surface area (Å²) < 4.78 is 24.7. The van der Waals surface area contributed by atoms with Gasteiger partial charge in [-0.15, -0.1) is 0 Å². The van der Waals surface area contributed by atoms with E-state index >= 15 is 0 Å². The van der Waals surface area contributed by atoms with E-state index in [4.69, 9.17) is 21.1 Å². The van der Waals surface area contributed by atoms with Gasteiger partial charge in [0.05, 0.1) is 17.7 Å². The van der Waals surface area contributed by atoms with Gasteiger partial charge in [-0.25, -0.2) is 4.39 Å². The third-order valence-electron chi connectivity index (χ3n) is 4.11. The quantitative estimate of drug-likeness (QED) is 0.853. The molecule has 4 nitrogen and oxygen atoms in total. The van der Waals surface area contributed by atoms with Gasteiger partial charge in [0.1, 0.15) is 24.3 Å². The Morgan fingerprint density at radius 2 is 2.12 bits per heavy atom. The van der Waals surface area contributed by atoms with Crippen LogP contribution in [0.2, 0.25) is 5.02 Å². The van der Waals surface area contributed by atoms with Gasteiger partial charge >= 0.3 is 0 Å². The molecule has 0 saturated carbocycles. The predicted octanol–water partition coefficient (Wildman–Crippen LogP) is 3.29. The molecule has 0 spiro atoms. The van der Waals surface area contributed by atoms with Gasteiger partial charge in [0.15, 0.2) is 0 Å². The smallest absolute Gasteiger partial charge is 0.138 e. The Morgan fingerprint density at radius 1 is 1.28 bits per heavy atom. The van der Waals surface area contributed by atoms with Crippen LogP contribution in [0.5, 0.6) is 5.75 Å². The number of nitrogens with zero attached hydrogens (tertiary/aromatic N) is 1. The van der Waals surface area contributed by atoms with E-state index in [1.807, 2.05) is 18.2 Å². The minimum absolute atomic E-state index is 0.158. The van der Waals surface area contributed by atoms with E-state index in [0.717, 1.165) is 12.1 Å². The molecule has 1 aliphatic heterocycles. The van der Waals surface area contributed by atoms with E-state index in [0.29, 0.717) is 30.5 Å². The minimum atomic E-state index is -0.650. The van der Waals surface area contributed by atoms with Gasteiger partial charge in [-0.1, -0.05) is 35.9 Å². The normalized spacial score (nSPS) is 19.6. The second-order valence-corrected chi connectivity index (χ2v) is 6.48. The van der Waals surface area contributed by atoms with E-state index in [9.17, 15) is 9.50 Å². The fourth-order valence-corrected chi connectivity index (χ4v) is 3.07. The molecule has 1 aliphatic rings. The van der Waals surface area contributed by atoms with Gasteiger partial charge in [0.2, 0.25) is 0 Å². The van der Waals surface area contributed by atoms with Crippen molar-refractivity contribution in [3.05, 3.63) is 64.9 Å². The third kappa shape index (κ3) is 5.16. The number of hydrogen-bond donors (Lipinski definition) is 1. The average molecular weight is 366 g/mol. The van der Waals surface area contributed by atoms with Crippen LogP contribution in [0.25, 0.3) is 0 Å². The first kappa shape index (κ1) is 18.1. The lowest BCUT2D eigenvalue weighted by molar-refractivity contribution is -0.0460. The first-order valence-corrected chi connectivity index (χ1v) is 8.64. The molecule has 6 heteroatoms. The van der Waals surface area contributed by atoms with E-state index in [1.54, 1.807) is 18.2 Å². The Labute approximate surface area is 151 Å². The second-order valence-electron chi connectivity index (χ2n) is 6.07. The summed E-state index contributed by atoms with van der Waals surface area (Å²) in [6, 6.07) is 13.6. The number of morpholine rings is 1. The zero-order valence-corrected chi connectivity index (χ0v) is 14.5. The average Bonchev–Trinajstić information content (AvgIpc) is 2.61. The van der Waals surface area contributed by atoms with Crippen molar-refractivity contribution in [1.29, 1.82) is 0 Å². The van der Waals surface area contributed by atoms with Crippen LogP contribution in [-0.4, -0.2) is 49.0 Å². The Morgan fingerprint density at radius 3 is 2.92 bits per heavy atom. The number of aliphatic hydroxyl groups is 1. The number of hydrogen-bond acceptors (Lipinski definition) is 4. The van der Waals surface area contributed by atoms with Crippen LogP contribution >= 0.6 is 11.6 Å². The van der Waals surface area contributed by atoms with Gasteiger partial charge in [0.25, 0.3) is 0 Å². The maximum atomic E-state index is 13.4. The number of halogens is 2. The summed E-state index contributed by atoms with van der Waals surface area (Å²) in [4.78, 5) is 2.10. The maximum Gasteiger partial charge on any atom is 0.138 e. The van der Waals surface area contributed by atoms with Crippen LogP contribution in [0.1, 0.15) is 11.7 Å². The maximum absolute atomic E-state index is 13.4. The summed E-state index contributed by atoms with van der Waals surface area (Å²) in [5, 5.41) is 10.8. The summed E-state index contributed by atoms with van der Waals surface area (Å²) in [6.07, 6.45) is -0.844. The van der Waals surface area contributed by atoms with Crippen LogP contribution < -0.4 is 4.74 Å². The van der Waals surface area contributed by atoms with Crippen molar-refractivity contribution >= 4 is 11.6 Å². The zero-order valence-electron chi connectivity index (χ0n) is 13.8. The SMILES string of the molecule is OC(COc1ccccc1Cl)CN1CCOC(c2cccc(F)c2)C1. The van der Waals surface area contributed by atoms with Crippen molar-refractivity contribution in [3.63, 3.8) is 0 Å². The van der Waals surface area contributed by atoms with Crippen LogP contribution in [-0.2, 0) is 4.74 Å². The molecular formula is C19H21ClFNO3. The monoisotopic (exact) mass is 365 g/mol. The van der Waals surface area contributed by atoms with Crippen molar-refractivity contribution in [2.45, 2.75) is 12.2 Å². The van der Waals surface area contributed by atoms with Crippen molar-refractivity contribution < 1.29 is 19.0 Å². The molecule has 0 radical (unpaired) electrons. The highest BCUT2D eigenvalue weighted by molar-refractivity contribution is 6.32. The van der Waals surface area contributed by atoms with E-state index in [2.05, 4.69) is 4.90 Å². The Bertz CT molecular complexity index is 700. The first-order chi connectivity index (χ1) is 12.1. The van der Waals surface area contributed by atoms with Gasteiger partial charge in [-0.3, -0.25) is 4.90 Å². The number of ether oxygens (including phenoxy) is 2. The molecular weight excluding hydrogens is 345 g/mol. The van der Waals surface area contributed by atoms with Crippen LogP contribution in [0.3, 0.4) is 0 Å². The number of benzene rings is 2. The molecule has 2 aromatic carbocycles. The summed E-state index contributed by atoms with van der Waals surface area (Å²) in [6.45, 7) is 2.48. The van der Waals surface area contributed by atoms with E-state index < -0.39 is 6.10 Å². The zero-order chi connectivity index (χ0) is 17.6. The molecule has 2 unspecified atom stereocenters. The lowest BCUT2D eigenvalue weighted by Gasteiger charge is -2.34. The summed E-state index contributed by atoms with van der Waals surface area (Å²) in [5.74, 6) is 0.286. The molecule has 25 heavy (non-hydrogen) atoms. The van der Waals surface area contributed by atoms with Crippen LogP contribution in [0, 0.1) is 5.82 Å². The first-order valence-electron chi connectivity index (χ1n) is 8.26. The van der Waals surface area contributed by atoms with Crippen molar-refractivity contribution in [3.8, 4) is 5.75 Å². The molecule has 3 rings (SSSR count). The molecule has 2 atom stereocenters. The van der Waals surface area contributed by atoms with Crippen molar-refractivity contribution in [1.82, 2.24) is 4.90 Å². The fraction of sp³-hybridized carbons (Fsp3) is 0.368. The molecule has 0 aliphatic carbocycles. The molecule has 2 aromatic rings. The molecule has 1 heterocycles.